The van der Waals surface area contributed by atoms with E-state index in [0.717, 1.165) is 83.5 Å². The Balaban J connectivity index is 4.40. The van der Waals surface area contributed by atoms with Crippen molar-refractivity contribution in [2.45, 2.75) is 309 Å². The van der Waals surface area contributed by atoms with Gasteiger partial charge in [0.25, 0.3) is 0 Å². The van der Waals surface area contributed by atoms with E-state index in [1.807, 2.05) is 0 Å². The second-order valence-electron chi connectivity index (χ2n) is 19.6. The second kappa shape index (κ2) is 56.0. The van der Waals surface area contributed by atoms with Gasteiger partial charge in [-0.1, -0.05) is 268 Å². The van der Waals surface area contributed by atoms with Crippen LogP contribution in [0.4, 0.5) is 0 Å². The van der Waals surface area contributed by atoms with E-state index in [9.17, 15) is 14.4 Å². The van der Waals surface area contributed by atoms with Crippen LogP contribution in [0, 0.1) is 0 Å². The molecule has 0 saturated carbocycles. The molecule has 0 aliphatic heterocycles. The van der Waals surface area contributed by atoms with E-state index in [1.54, 1.807) is 0 Å². The topological polar surface area (TPSA) is 78.9 Å². The molecular weight excluding hydrogens is 829 g/mol. The van der Waals surface area contributed by atoms with Gasteiger partial charge in [0.2, 0.25) is 0 Å². The van der Waals surface area contributed by atoms with E-state index >= 15 is 0 Å². The molecule has 0 amide bonds. The number of ether oxygens (including phenoxy) is 3. The van der Waals surface area contributed by atoms with Gasteiger partial charge in [-0.3, -0.25) is 14.4 Å². The largest absolute Gasteiger partial charge is 0.462 e. The lowest BCUT2D eigenvalue weighted by Crippen LogP contribution is -2.30. The molecule has 0 spiro atoms. The summed E-state index contributed by atoms with van der Waals surface area (Å²) in [5.74, 6) is -0.894. The molecule has 0 N–H and O–H groups in total. The number of esters is 3. The molecule has 0 aromatic rings. The molecule has 0 fully saturated rings. The van der Waals surface area contributed by atoms with Crippen molar-refractivity contribution in [1.82, 2.24) is 0 Å². The highest BCUT2D eigenvalue weighted by atomic mass is 16.6. The third-order valence-electron chi connectivity index (χ3n) is 12.8. The highest BCUT2D eigenvalue weighted by Crippen LogP contribution is 2.16. The Labute approximate surface area is 416 Å². The number of hydrogen-bond acceptors (Lipinski definition) is 6. The zero-order chi connectivity index (χ0) is 48.6. The molecule has 0 aliphatic carbocycles. The van der Waals surface area contributed by atoms with Crippen LogP contribution in [0.5, 0.6) is 0 Å². The van der Waals surface area contributed by atoms with Gasteiger partial charge >= 0.3 is 17.9 Å². The normalized spacial score (nSPS) is 12.3. The maximum absolute atomic E-state index is 12.9. The first-order valence-electron chi connectivity index (χ1n) is 29.1. The summed E-state index contributed by atoms with van der Waals surface area (Å²) in [5, 5.41) is 0. The molecule has 0 aromatic carbocycles. The number of hydrogen-bond donors (Lipinski definition) is 0. The Morgan fingerprint density at radius 1 is 0.299 bits per heavy atom. The summed E-state index contributed by atoms with van der Waals surface area (Å²) in [4.78, 5) is 38.1. The van der Waals surface area contributed by atoms with Crippen LogP contribution in [0.2, 0.25) is 0 Å². The SMILES string of the molecule is CCCCC/C=C\C/C=C\C/C=C\C/C=C\CCCCCC(=O)OC[C@@H](COC(=O)CCCCCCCCCCCCCCCC)OC(=O)CCCCCCCCCCCCCCCCCC. The van der Waals surface area contributed by atoms with Crippen molar-refractivity contribution < 1.29 is 28.6 Å². The number of allylic oxidation sites excluding steroid dienone is 8. The molecule has 1 atom stereocenters. The first-order chi connectivity index (χ1) is 33.0. The molecule has 6 nitrogen and oxygen atoms in total. The van der Waals surface area contributed by atoms with Crippen LogP contribution in [0.25, 0.3) is 0 Å². The zero-order valence-corrected chi connectivity index (χ0v) is 44.7. The molecular formula is C61H110O6. The van der Waals surface area contributed by atoms with Crippen LogP contribution in [0.15, 0.2) is 48.6 Å². The minimum absolute atomic E-state index is 0.0789. The fourth-order valence-corrected chi connectivity index (χ4v) is 8.43. The van der Waals surface area contributed by atoms with Crippen molar-refractivity contribution in [3.8, 4) is 0 Å². The first kappa shape index (κ1) is 64.4. The number of carbonyl (C=O) groups excluding carboxylic acids is 3. The average molecular weight is 940 g/mol. The standard InChI is InChI=1S/C61H110O6/c1-4-7-10-13-16-19-22-25-28-30-31-32-34-36-39-42-45-48-51-54-60(63)66-57-58(56-65-59(62)53-50-47-44-41-38-35-27-24-21-18-15-12-9-6-3)67-61(64)55-52-49-46-43-40-37-33-29-26-23-20-17-14-11-8-5-2/h16,19,25,28,31-32,36,39,58H,4-15,17-18,20-24,26-27,29-30,33-35,37-38,40-57H2,1-3H3/b19-16-,28-25-,32-31-,39-36-/t58-/m1/s1. The Morgan fingerprint density at radius 2 is 0.537 bits per heavy atom. The van der Waals surface area contributed by atoms with Crippen molar-refractivity contribution in [2.24, 2.45) is 0 Å². The summed E-state index contributed by atoms with van der Waals surface area (Å²) in [6.07, 6.45) is 68.1. The van der Waals surface area contributed by atoms with Crippen LogP contribution >= 0.6 is 0 Å². The van der Waals surface area contributed by atoms with Crippen LogP contribution in [-0.2, 0) is 28.6 Å². The highest BCUT2D eigenvalue weighted by Gasteiger charge is 2.19. The van der Waals surface area contributed by atoms with Crippen LogP contribution in [0.3, 0.4) is 0 Å². The first-order valence-corrected chi connectivity index (χ1v) is 29.1. The van der Waals surface area contributed by atoms with Crippen molar-refractivity contribution >= 4 is 17.9 Å². The Morgan fingerprint density at radius 3 is 0.866 bits per heavy atom. The average Bonchev–Trinajstić information content (AvgIpc) is 3.33. The van der Waals surface area contributed by atoms with Crippen LogP contribution < -0.4 is 0 Å². The molecule has 67 heavy (non-hydrogen) atoms. The molecule has 0 unspecified atom stereocenters. The van der Waals surface area contributed by atoms with Gasteiger partial charge in [-0.25, -0.2) is 0 Å². The van der Waals surface area contributed by atoms with E-state index in [2.05, 4.69) is 69.4 Å². The van der Waals surface area contributed by atoms with Gasteiger partial charge in [0.05, 0.1) is 0 Å². The van der Waals surface area contributed by atoms with Gasteiger partial charge in [-0.15, -0.1) is 0 Å². The minimum atomic E-state index is -0.782. The molecule has 390 valence electrons. The monoisotopic (exact) mass is 939 g/mol. The maximum Gasteiger partial charge on any atom is 0.306 e. The third kappa shape index (κ3) is 54.2. The molecule has 0 heterocycles. The van der Waals surface area contributed by atoms with Gasteiger partial charge in [0.1, 0.15) is 13.2 Å². The van der Waals surface area contributed by atoms with E-state index in [0.29, 0.717) is 19.3 Å². The molecule has 6 heteroatoms. The van der Waals surface area contributed by atoms with E-state index < -0.39 is 6.10 Å². The molecule has 0 saturated heterocycles. The Hall–Kier alpha value is -2.63. The summed E-state index contributed by atoms with van der Waals surface area (Å²) in [5.41, 5.74) is 0. The lowest BCUT2D eigenvalue weighted by Gasteiger charge is -2.18. The summed E-state index contributed by atoms with van der Waals surface area (Å²) in [6.45, 7) is 6.62. The second-order valence-corrected chi connectivity index (χ2v) is 19.6. The Bertz CT molecular complexity index is 1170. The van der Waals surface area contributed by atoms with Gasteiger partial charge in [-0.05, 0) is 64.2 Å². The van der Waals surface area contributed by atoms with Crippen LogP contribution in [-0.4, -0.2) is 37.2 Å². The highest BCUT2D eigenvalue weighted by molar-refractivity contribution is 5.71. The Kier molecular flexibility index (Phi) is 53.8. The molecule has 0 radical (unpaired) electrons. The van der Waals surface area contributed by atoms with Gasteiger partial charge in [0, 0.05) is 19.3 Å². The number of unbranched alkanes of at least 4 members (excludes halogenated alkanes) is 34. The molecule has 0 bridgehead atoms. The van der Waals surface area contributed by atoms with Crippen molar-refractivity contribution in [3.05, 3.63) is 48.6 Å². The third-order valence-corrected chi connectivity index (χ3v) is 12.8. The van der Waals surface area contributed by atoms with Crippen molar-refractivity contribution in [2.75, 3.05) is 13.2 Å². The van der Waals surface area contributed by atoms with Gasteiger partial charge in [0.15, 0.2) is 6.10 Å². The van der Waals surface area contributed by atoms with Gasteiger partial charge < -0.3 is 14.2 Å². The van der Waals surface area contributed by atoms with Crippen LogP contribution in [0.1, 0.15) is 303 Å². The predicted octanol–water partition coefficient (Wildman–Crippen LogP) is 19.4. The minimum Gasteiger partial charge on any atom is -0.462 e. The lowest BCUT2D eigenvalue weighted by atomic mass is 10.0. The van der Waals surface area contributed by atoms with Gasteiger partial charge in [-0.2, -0.15) is 0 Å². The predicted molar refractivity (Wildman–Crippen MR) is 289 cm³/mol. The summed E-state index contributed by atoms with van der Waals surface area (Å²) in [7, 11) is 0. The number of carbonyl (C=O) groups is 3. The van der Waals surface area contributed by atoms with E-state index in [1.165, 1.54) is 180 Å². The molecule has 0 aromatic heterocycles. The van der Waals surface area contributed by atoms with Crippen molar-refractivity contribution in [1.29, 1.82) is 0 Å². The lowest BCUT2D eigenvalue weighted by molar-refractivity contribution is -0.167. The molecule has 0 aliphatic rings. The van der Waals surface area contributed by atoms with E-state index in [4.69, 9.17) is 14.2 Å². The quantitative estimate of drug-likeness (QED) is 0.0262. The zero-order valence-electron chi connectivity index (χ0n) is 44.7. The van der Waals surface area contributed by atoms with E-state index in [-0.39, 0.29) is 31.1 Å². The van der Waals surface area contributed by atoms with Crippen molar-refractivity contribution in [3.63, 3.8) is 0 Å². The fourth-order valence-electron chi connectivity index (χ4n) is 8.43. The number of rotatable bonds is 53. The summed E-state index contributed by atoms with van der Waals surface area (Å²) >= 11 is 0. The smallest absolute Gasteiger partial charge is 0.306 e. The summed E-state index contributed by atoms with van der Waals surface area (Å²) < 4.78 is 16.9. The maximum atomic E-state index is 12.9. The fraction of sp³-hybridized carbons (Fsp3) is 0.820. The molecule has 0 rings (SSSR count). The summed E-state index contributed by atoms with van der Waals surface area (Å²) in [6, 6.07) is 0.